The number of carbonyl (C=O) groups is 1. The molecule has 6 atom stereocenters. The van der Waals surface area contributed by atoms with E-state index in [4.69, 9.17) is 9.47 Å². The van der Waals surface area contributed by atoms with Crippen LogP contribution < -0.4 is 4.74 Å². The maximum Gasteiger partial charge on any atom is 0.306 e. The summed E-state index contributed by atoms with van der Waals surface area (Å²) in [6.07, 6.45) is 6.44. The molecule has 1 aromatic rings. The normalized spacial score (nSPS) is 28.9. The van der Waals surface area contributed by atoms with E-state index in [1.54, 1.807) is 30.3 Å². The molecule has 1 aromatic carbocycles. The van der Waals surface area contributed by atoms with Crippen LogP contribution in [0.2, 0.25) is 0 Å². The van der Waals surface area contributed by atoms with E-state index in [-0.39, 0.29) is 29.8 Å². The third kappa shape index (κ3) is 7.51. The number of hydrogen-bond donors (Lipinski definition) is 2. The van der Waals surface area contributed by atoms with Gasteiger partial charge in [0.15, 0.2) is 6.61 Å². The highest BCUT2D eigenvalue weighted by Crippen LogP contribution is 2.42. The van der Waals surface area contributed by atoms with Gasteiger partial charge in [0.05, 0.1) is 18.1 Å². The van der Waals surface area contributed by atoms with Crippen LogP contribution in [0.5, 0.6) is 5.75 Å². The lowest BCUT2D eigenvalue weighted by molar-refractivity contribution is -0.142. The molecule has 1 unspecified atom stereocenters. The molecule has 1 aliphatic heterocycles. The summed E-state index contributed by atoms with van der Waals surface area (Å²) >= 11 is 0. The van der Waals surface area contributed by atoms with Crippen molar-refractivity contribution in [1.82, 2.24) is 0 Å². The summed E-state index contributed by atoms with van der Waals surface area (Å²) in [6, 6.07) is 8.50. The van der Waals surface area contributed by atoms with E-state index in [1.807, 2.05) is 6.92 Å². The number of rotatable bonds is 11. The van der Waals surface area contributed by atoms with E-state index >= 15 is 0 Å². The minimum atomic E-state index is -3.15. The number of carboxylic acid groups (broad SMARTS) is 1. The summed E-state index contributed by atoms with van der Waals surface area (Å²) in [5.41, 5.74) is 0. The van der Waals surface area contributed by atoms with Crippen molar-refractivity contribution in [2.45, 2.75) is 70.0 Å². The first kappa shape index (κ1) is 25.6. The Morgan fingerprint density at radius 2 is 2.03 bits per heavy atom. The number of fused-ring (bicyclic) bond motifs is 1. The van der Waals surface area contributed by atoms with Gasteiger partial charge >= 0.3 is 5.97 Å². The quantitative estimate of drug-likeness (QED) is 0.431. The molecule has 0 amide bonds. The molecule has 0 aromatic heterocycles. The van der Waals surface area contributed by atoms with Gasteiger partial charge in [-0.3, -0.25) is 4.79 Å². The Hall–Kier alpha value is -1.99. The Morgan fingerprint density at radius 3 is 2.73 bits per heavy atom. The molecule has 1 saturated heterocycles. The first-order valence-electron chi connectivity index (χ1n) is 12.1. The van der Waals surface area contributed by atoms with Crippen LogP contribution >= 0.6 is 0 Å². The molecule has 7 heteroatoms. The number of benzene rings is 1. The summed E-state index contributed by atoms with van der Waals surface area (Å²) in [6.45, 7) is 1.76. The van der Waals surface area contributed by atoms with Gasteiger partial charge in [-0.25, -0.2) is 0 Å². The fourth-order valence-electron chi connectivity index (χ4n) is 5.12. The Bertz CT molecular complexity index is 769. The minimum Gasteiger partial charge on any atom is -0.487 e. The first-order chi connectivity index (χ1) is 15.8. The number of aliphatic hydroxyl groups is 1. The zero-order valence-electron chi connectivity index (χ0n) is 19.2. The molecule has 33 heavy (non-hydrogen) atoms. The molecule has 1 saturated carbocycles. The van der Waals surface area contributed by atoms with Gasteiger partial charge in [-0.05, 0) is 62.1 Å². The van der Waals surface area contributed by atoms with Gasteiger partial charge in [0.25, 0.3) is 5.92 Å². The van der Waals surface area contributed by atoms with E-state index in [0.717, 1.165) is 31.8 Å². The zero-order valence-corrected chi connectivity index (χ0v) is 19.2. The number of hydrogen-bond acceptors (Lipinski definition) is 4. The van der Waals surface area contributed by atoms with Crippen LogP contribution in [0.15, 0.2) is 42.5 Å². The molecule has 5 nitrogen and oxygen atoms in total. The van der Waals surface area contributed by atoms with Gasteiger partial charge in [0, 0.05) is 18.9 Å². The molecule has 1 aliphatic carbocycles. The van der Waals surface area contributed by atoms with E-state index < -0.39 is 24.6 Å². The summed E-state index contributed by atoms with van der Waals surface area (Å²) < 4.78 is 40.1. The average molecular weight is 467 g/mol. The standard InChI is InChI=1S/C26H36F2O5/c1-2-6-19(25(30)31)11-9-18-10-12-22-21(23(29)15-24(22)32-16-18)13-14-26(27,28)17-33-20-7-4-3-5-8-20/h3-5,7-8,13-14,18-19,21-24,29H,2,6,9-12,15-17H2,1H3,(H,30,31)/b14-13+/t18-,19?,21-,22-,23-,24+/m1/s1. The van der Waals surface area contributed by atoms with E-state index in [9.17, 15) is 23.8 Å². The van der Waals surface area contributed by atoms with Crippen molar-refractivity contribution in [1.29, 1.82) is 0 Å². The van der Waals surface area contributed by atoms with Gasteiger partial charge in [0.2, 0.25) is 0 Å². The summed E-state index contributed by atoms with van der Waals surface area (Å²) in [5, 5.41) is 19.9. The highest BCUT2D eigenvalue weighted by Gasteiger charge is 2.44. The number of aliphatic carboxylic acids is 1. The van der Waals surface area contributed by atoms with Crippen LogP contribution in [0, 0.1) is 23.7 Å². The van der Waals surface area contributed by atoms with Crippen LogP contribution in [0.25, 0.3) is 0 Å². The van der Waals surface area contributed by atoms with E-state index in [2.05, 4.69) is 0 Å². The first-order valence-corrected chi connectivity index (χ1v) is 12.1. The van der Waals surface area contributed by atoms with Crippen LogP contribution in [0.1, 0.15) is 51.9 Å². The van der Waals surface area contributed by atoms with Gasteiger partial charge in [-0.2, -0.15) is 8.78 Å². The number of ether oxygens (including phenoxy) is 2. The fourth-order valence-corrected chi connectivity index (χ4v) is 5.12. The Kier molecular flexibility index (Phi) is 9.27. The van der Waals surface area contributed by atoms with Crippen molar-refractivity contribution < 1.29 is 33.3 Å². The molecular formula is C26H36F2O5. The number of carboxylic acids is 1. The van der Waals surface area contributed by atoms with Gasteiger partial charge in [0.1, 0.15) is 5.75 Å². The lowest BCUT2D eigenvalue weighted by Gasteiger charge is -2.21. The third-order valence-corrected chi connectivity index (χ3v) is 6.99. The highest BCUT2D eigenvalue weighted by molar-refractivity contribution is 5.69. The topological polar surface area (TPSA) is 76.0 Å². The third-order valence-electron chi connectivity index (χ3n) is 6.99. The second-order valence-electron chi connectivity index (χ2n) is 9.48. The maximum atomic E-state index is 14.4. The maximum absolute atomic E-state index is 14.4. The SMILES string of the molecule is CCCC(CC[C@@H]1CC[C@@H]2[C@@H](/C=C/C(F)(F)COc3ccccc3)[C@H](O)C[C@@H]2OC1)C(=O)O. The summed E-state index contributed by atoms with van der Waals surface area (Å²) in [4.78, 5) is 11.4. The minimum absolute atomic E-state index is 0.0157. The molecule has 1 heterocycles. The molecular weight excluding hydrogens is 430 g/mol. The Labute approximate surface area is 194 Å². The Balaban J connectivity index is 1.54. The number of para-hydroxylation sites is 1. The van der Waals surface area contributed by atoms with Crippen molar-refractivity contribution in [3.8, 4) is 5.75 Å². The molecule has 3 rings (SSSR count). The number of aliphatic hydroxyl groups excluding tert-OH is 1. The van der Waals surface area contributed by atoms with E-state index in [1.165, 1.54) is 6.08 Å². The van der Waals surface area contributed by atoms with E-state index in [0.29, 0.717) is 31.6 Å². The second-order valence-corrected chi connectivity index (χ2v) is 9.48. The number of alkyl halides is 2. The summed E-state index contributed by atoms with van der Waals surface area (Å²) in [7, 11) is 0. The largest absolute Gasteiger partial charge is 0.487 e. The van der Waals surface area contributed by atoms with Crippen LogP contribution in [-0.2, 0) is 9.53 Å². The zero-order chi connectivity index (χ0) is 23.8. The van der Waals surface area contributed by atoms with Crippen LogP contribution in [-0.4, -0.2) is 47.5 Å². The predicted molar refractivity (Wildman–Crippen MR) is 121 cm³/mol. The smallest absolute Gasteiger partial charge is 0.306 e. The highest BCUT2D eigenvalue weighted by atomic mass is 19.3. The van der Waals surface area contributed by atoms with Crippen molar-refractivity contribution in [2.24, 2.45) is 23.7 Å². The monoisotopic (exact) mass is 466 g/mol. The van der Waals surface area contributed by atoms with Gasteiger partial charge < -0.3 is 19.7 Å². The van der Waals surface area contributed by atoms with Crippen LogP contribution in [0.3, 0.4) is 0 Å². The Morgan fingerprint density at radius 1 is 1.27 bits per heavy atom. The lowest BCUT2D eigenvalue weighted by Crippen LogP contribution is -2.25. The second kappa shape index (κ2) is 11.9. The van der Waals surface area contributed by atoms with Gasteiger partial charge in [-0.1, -0.05) is 37.6 Å². The van der Waals surface area contributed by atoms with Crippen molar-refractivity contribution >= 4 is 5.97 Å². The van der Waals surface area contributed by atoms with Crippen molar-refractivity contribution in [2.75, 3.05) is 13.2 Å². The fraction of sp³-hybridized carbons (Fsp3) is 0.654. The molecule has 2 aliphatic rings. The molecule has 0 spiro atoms. The van der Waals surface area contributed by atoms with Crippen LogP contribution in [0.4, 0.5) is 8.78 Å². The summed E-state index contributed by atoms with van der Waals surface area (Å²) in [5.74, 6) is -3.96. The molecule has 0 radical (unpaired) electrons. The molecule has 2 fully saturated rings. The van der Waals surface area contributed by atoms with Crippen molar-refractivity contribution in [3.05, 3.63) is 42.5 Å². The average Bonchev–Trinajstić information content (AvgIpc) is 2.95. The molecule has 184 valence electrons. The van der Waals surface area contributed by atoms with Crippen molar-refractivity contribution in [3.63, 3.8) is 0 Å². The number of halogens is 2. The lowest BCUT2D eigenvalue weighted by atomic mass is 9.85. The predicted octanol–water partition coefficient (Wildman–Crippen LogP) is 5.33. The molecule has 0 bridgehead atoms. The van der Waals surface area contributed by atoms with Gasteiger partial charge in [-0.15, -0.1) is 0 Å². The molecule has 2 N–H and O–H groups in total.